The number of carbonyl (C=O) groups is 4. The summed E-state index contributed by atoms with van der Waals surface area (Å²) < 4.78 is 16.9. The van der Waals surface area contributed by atoms with E-state index < -0.39 is 24.0 Å². The number of carboxylic acids is 1. The Kier molecular flexibility index (Phi) is 16.2. The number of aromatic nitrogens is 1. The highest BCUT2D eigenvalue weighted by molar-refractivity contribution is 7.09. The van der Waals surface area contributed by atoms with Crippen LogP contribution < -0.4 is 10.6 Å². The molecule has 1 fully saturated rings. The first-order chi connectivity index (χ1) is 25.4. The quantitative estimate of drug-likeness (QED) is 0.173. The first-order valence-electron chi connectivity index (χ1n) is 18.9. The summed E-state index contributed by atoms with van der Waals surface area (Å²) in [5.41, 5.74) is 1.90. The molecule has 53 heavy (non-hydrogen) atoms. The van der Waals surface area contributed by atoms with Crippen LogP contribution in [0.3, 0.4) is 0 Å². The Labute approximate surface area is 318 Å². The van der Waals surface area contributed by atoms with Crippen LogP contribution in [0.25, 0.3) is 0 Å². The minimum atomic E-state index is -0.919. The Morgan fingerprint density at radius 3 is 2.53 bits per heavy atom. The van der Waals surface area contributed by atoms with E-state index in [1.165, 1.54) is 18.4 Å². The molecule has 4 rings (SSSR count). The van der Waals surface area contributed by atoms with E-state index in [1.807, 2.05) is 63.9 Å². The van der Waals surface area contributed by atoms with Crippen molar-refractivity contribution in [2.45, 2.75) is 109 Å². The van der Waals surface area contributed by atoms with Gasteiger partial charge in [-0.3, -0.25) is 24.1 Å². The Balaban J connectivity index is 1.55. The summed E-state index contributed by atoms with van der Waals surface area (Å²) >= 11 is 1.29. The zero-order chi connectivity index (χ0) is 38.7. The molecular formula is C39H59N5O8S. The van der Waals surface area contributed by atoms with E-state index in [9.17, 15) is 24.3 Å². The van der Waals surface area contributed by atoms with Gasteiger partial charge in [-0.25, -0.2) is 4.98 Å². The van der Waals surface area contributed by atoms with Crippen LogP contribution in [-0.4, -0.2) is 116 Å². The fourth-order valence-electron chi connectivity index (χ4n) is 7.48. The number of hydrogen-bond acceptors (Lipinski definition) is 10. The normalized spacial score (nSPS) is 21.2. The molecule has 2 aromatic rings. The number of likely N-dealkylation sites (N-methyl/N-ethyl adjacent to an activating group) is 1. The molecule has 294 valence electrons. The summed E-state index contributed by atoms with van der Waals surface area (Å²) in [6.45, 7) is 9.55. The van der Waals surface area contributed by atoms with Crippen molar-refractivity contribution in [3.05, 3.63) is 51.5 Å². The Bertz CT molecular complexity index is 1520. The van der Waals surface area contributed by atoms with E-state index in [1.54, 1.807) is 12.5 Å². The fourth-order valence-corrected chi connectivity index (χ4v) is 8.34. The number of amides is 3. The van der Waals surface area contributed by atoms with Crippen molar-refractivity contribution in [2.24, 2.45) is 11.8 Å². The first kappa shape index (κ1) is 42.3. The maximum atomic E-state index is 14.6. The summed E-state index contributed by atoms with van der Waals surface area (Å²) in [6.07, 6.45) is 4.04. The minimum Gasteiger partial charge on any atom is -0.481 e. The van der Waals surface area contributed by atoms with Gasteiger partial charge in [-0.15, -0.1) is 11.3 Å². The van der Waals surface area contributed by atoms with Gasteiger partial charge in [0.05, 0.1) is 18.6 Å². The highest BCUT2D eigenvalue weighted by Crippen LogP contribution is 2.34. The number of carboxylic acid groups (broad SMARTS) is 1. The third-order valence-corrected chi connectivity index (χ3v) is 11.7. The van der Waals surface area contributed by atoms with Crippen LogP contribution in [0.5, 0.6) is 0 Å². The van der Waals surface area contributed by atoms with Gasteiger partial charge in [-0.05, 0) is 62.2 Å². The molecule has 7 atom stereocenters. The second-order valence-electron chi connectivity index (χ2n) is 14.8. The van der Waals surface area contributed by atoms with Crippen molar-refractivity contribution in [2.75, 3.05) is 47.8 Å². The zero-order valence-electron chi connectivity index (χ0n) is 32.3. The van der Waals surface area contributed by atoms with Crippen LogP contribution in [0.4, 0.5) is 0 Å². The lowest BCUT2D eigenvalue weighted by Crippen LogP contribution is -2.59. The number of rotatable bonds is 19. The predicted molar refractivity (Wildman–Crippen MR) is 203 cm³/mol. The number of benzene rings is 1. The first-order valence-corrected chi connectivity index (χ1v) is 19.7. The molecule has 1 saturated heterocycles. The maximum absolute atomic E-state index is 14.6. The number of hydrogen-bond donors (Lipinski definition) is 3. The lowest BCUT2D eigenvalue weighted by Gasteiger charge is -2.40. The van der Waals surface area contributed by atoms with Gasteiger partial charge in [0.15, 0.2) is 0 Å². The van der Waals surface area contributed by atoms with Crippen LogP contribution in [0, 0.1) is 11.8 Å². The highest BCUT2D eigenvalue weighted by atomic mass is 32.1. The Morgan fingerprint density at radius 1 is 1.11 bits per heavy atom. The number of fused-ring (bicyclic) bond motifs is 1. The molecular weight excluding hydrogens is 699 g/mol. The largest absolute Gasteiger partial charge is 0.481 e. The third kappa shape index (κ3) is 11.1. The minimum absolute atomic E-state index is 0.0127. The maximum Gasteiger partial charge on any atom is 0.311 e. The molecule has 0 bridgehead atoms. The van der Waals surface area contributed by atoms with Gasteiger partial charge in [0.1, 0.15) is 29.6 Å². The molecule has 0 radical (unpaired) electrons. The summed E-state index contributed by atoms with van der Waals surface area (Å²) in [5, 5.41) is 18.3. The number of nitrogens with zero attached hydrogens (tertiary/aromatic N) is 3. The molecule has 0 spiro atoms. The average molecular weight is 758 g/mol. The summed E-state index contributed by atoms with van der Waals surface area (Å²) in [7, 11) is 5.09. The van der Waals surface area contributed by atoms with Gasteiger partial charge in [0.2, 0.25) is 11.8 Å². The van der Waals surface area contributed by atoms with Crippen molar-refractivity contribution in [3.63, 3.8) is 0 Å². The second-order valence-corrected chi connectivity index (χ2v) is 15.7. The van der Waals surface area contributed by atoms with Crippen LogP contribution in [-0.2, 0) is 35.0 Å². The fraction of sp³-hybridized carbons (Fsp3) is 0.667. The highest BCUT2D eigenvalue weighted by Gasteiger charge is 2.39. The number of methoxy groups -OCH3 is 2. The smallest absolute Gasteiger partial charge is 0.311 e. The van der Waals surface area contributed by atoms with Crippen LogP contribution >= 0.6 is 11.3 Å². The number of ether oxygens (including phenoxy) is 3. The Morgan fingerprint density at radius 2 is 1.87 bits per heavy atom. The van der Waals surface area contributed by atoms with Crippen LogP contribution in [0.1, 0.15) is 105 Å². The lowest BCUT2D eigenvalue weighted by atomic mass is 9.80. The van der Waals surface area contributed by atoms with Gasteiger partial charge < -0.3 is 34.9 Å². The molecule has 2 heterocycles. The number of thiazole rings is 1. The van der Waals surface area contributed by atoms with Gasteiger partial charge in [0, 0.05) is 44.6 Å². The van der Waals surface area contributed by atoms with E-state index in [4.69, 9.17) is 19.2 Å². The summed E-state index contributed by atoms with van der Waals surface area (Å²) in [6, 6.07) is 5.76. The molecule has 1 aromatic carbocycles. The van der Waals surface area contributed by atoms with Gasteiger partial charge >= 0.3 is 5.97 Å². The van der Waals surface area contributed by atoms with Crippen molar-refractivity contribution in [3.8, 4) is 0 Å². The zero-order valence-corrected chi connectivity index (χ0v) is 33.2. The van der Waals surface area contributed by atoms with Gasteiger partial charge in [-0.2, -0.15) is 0 Å². The molecule has 14 heteroatoms. The molecule has 1 aliphatic carbocycles. The molecule has 1 aliphatic heterocycles. The molecule has 13 nitrogen and oxygen atoms in total. The Hall–Kier alpha value is -3.43. The third-order valence-electron chi connectivity index (χ3n) is 10.8. The van der Waals surface area contributed by atoms with E-state index in [0.717, 1.165) is 36.9 Å². The topological polar surface area (TPSA) is 160 Å². The molecule has 2 aliphatic rings. The monoisotopic (exact) mass is 757 g/mol. The number of aliphatic carboxylic acids is 1. The van der Waals surface area contributed by atoms with Crippen LogP contribution in [0.15, 0.2) is 29.6 Å². The molecule has 0 saturated carbocycles. The van der Waals surface area contributed by atoms with Crippen molar-refractivity contribution < 1.29 is 38.5 Å². The van der Waals surface area contributed by atoms with E-state index in [2.05, 4.69) is 15.5 Å². The molecule has 1 aromatic heterocycles. The average Bonchev–Trinajstić information content (AvgIpc) is 3.64. The number of nitrogens with one attached hydrogen (secondary N) is 2. The number of piperidine rings is 1. The molecule has 3 amide bonds. The van der Waals surface area contributed by atoms with E-state index in [-0.39, 0.29) is 66.6 Å². The number of carbonyl (C=O) groups excluding carboxylic acids is 3. The van der Waals surface area contributed by atoms with Crippen LogP contribution in [0.2, 0.25) is 0 Å². The summed E-state index contributed by atoms with van der Waals surface area (Å²) in [4.78, 5) is 62.4. The number of likely N-dealkylation sites (tertiary alicyclic amines) is 1. The van der Waals surface area contributed by atoms with Gasteiger partial charge in [0.25, 0.3) is 5.91 Å². The van der Waals surface area contributed by atoms with E-state index in [0.29, 0.717) is 37.4 Å². The standard InChI is InChI=1S/C39H59N5O8S/c1-8-25(4)34(42-36(46)31-15-11-12-16-43(31)5)38(47)44(17-18-50-6)32(24(2)3)21-33(52-23-51-7)37-41-30(22-53-37)35(45)40-27-19-26-13-9-10-14-28(26)29(20-27)39(48)49/h9-10,13-14,22,24-25,27,29,31-34H,8,11-12,15-21,23H2,1-7H3,(H,40,45)(H,42,46)(H,48,49)/t25-,27-,29+,31+,32+,33+,34-/m0/s1. The SMILES string of the molecule is CC[C@H](C)[C@H](NC(=O)[C@H]1CCCCN1C)C(=O)N(CCOC)[C@H](C[C@@H](OCOC)c1nc(C(=O)N[C@H]2Cc3ccccc3[C@H](C(=O)O)C2)cs1)C(C)C. The second kappa shape index (κ2) is 20.3. The molecule has 0 unspecified atom stereocenters. The molecule has 3 N–H and O–H groups in total. The predicted octanol–water partition coefficient (Wildman–Crippen LogP) is 4.62. The van der Waals surface area contributed by atoms with Crippen molar-refractivity contribution in [1.29, 1.82) is 0 Å². The van der Waals surface area contributed by atoms with E-state index >= 15 is 0 Å². The summed E-state index contributed by atoms with van der Waals surface area (Å²) in [5.74, 6) is -2.42. The van der Waals surface area contributed by atoms with Crippen molar-refractivity contribution >= 4 is 35.0 Å². The van der Waals surface area contributed by atoms with Gasteiger partial charge in [-0.1, -0.05) is 64.8 Å². The lowest BCUT2D eigenvalue weighted by molar-refractivity contribution is -0.144. The van der Waals surface area contributed by atoms with Crippen molar-refractivity contribution in [1.82, 2.24) is 25.4 Å².